The van der Waals surface area contributed by atoms with E-state index < -0.39 is 17.8 Å². The zero-order valence-corrected chi connectivity index (χ0v) is 13.3. The van der Waals surface area contributed by atoms with Gasteiger partial charge in [-0.2, -0.15) is 0 Å². The highest BCUT2D eigenvalue weighted by Gasteiger charge is 2.23. The maximum Gasteiger partial charge on any atom is 0.420 e. The third-order valence-corrected chi connectivity index (χ3v) is 4.02. The van der Waals surface area contributed by atoms with E-state index in [1.807, 2.05) is 0 Å². The van der Waals surface area contributed by atoms with Gasteiger partial charge < -0.3 is 9.73 Å². The quantitative estimate of drug-likeness (QED) is 0.800. The summed E-state index contributed by atoms with van der Waals surface area (Å²) < 4.78 is 20.3. The summed E-state index contributed by atoms with van der Waals surface area (Å²) in [5.74, 6) is -1.37. The van der Waals surface area contributed by atoms with Crippen LogP contribution in [-0.2, 0) is 4.79 Å². The van der Waals surface area contributed by atoms with Gasteiger partial charge in [-0.3, -0.25) is 9.36 Å². The number of oxazole rings is 1. The molecule has 2 atom stereocenters. The Labute approximate surface area is 137 Å². The van der Waals surface area contributed by atoms with Crippen LogP contribution in [0.1, 0.15) is 31.5 Å². The second-order valence-corrected chi connectivity index (χ2v) is 5.63. The molecular formula is C18H17FN2O3. The first kappa shape index (κ1) is 16.0. The minimum Gasteiger partial charge on any atom is -0.408 e. The number of aromatic nitrogens is 1. The van der Waals surface area contributed by atoms with E-state index in [2.05, 4.69) is 5.32 Å². The first-order chi connectivity index (χ1) is 11.5. The molecule has 124 valence electrons. The van der Waals surface area contributed by atoms with Gasteiger partial charge in [0.2, 0.25) is 5.91 Å². The molecule has 1 amide bonds. The maximum absolute atomic E-state index is 13.8. The molecule has 1 N–H and O–H groups in total. The van der Waals surface area contributed by atoms with Crippen LogP contribution >= 0.6 is 0 Å². The van der Waals surface area contributed by atoms with Crippen molar-refractivity contribution in [1.82, 2.24) is 9.88 Å². The lowest BCUT2D eigenvalue weighted by molar-refractivity contribution is -0.124. The molecule has 0 aliphatic heterocycles. The van der Waals surface area contributed by atoms with Crippen LogP contribution in [-0.4, -0.2) is 10.5 Å². The van der Waals surface area contributed by atoms with Gasteiger partial charge in [0.1, 0.15) is 11.9 Å². The fraction of sp³-hybridized carbons (Fsp3) is 0.222. The summed E-state index contributed by atoms with van der Waals surface area (Å²) in [4.78, 5) is 24.5. The summed E-state index contributed by atoms with van der Waals surface area (Å²) >= 11 is 0. The topological polar surface area (TPSA) is 64.2 Å². The fourth-order valence-corrected chi connectivity index (χ4v) is 2.71. The van der Waals surface area contributed by atoms with Crippen molar-refractivity contribution >= 4 is 17.0 Å². The van der Waals surface area contributed by atoms with Gasteiger partial charge in [-0.25, -0.2) is 9.18 Å². The number of amides is 1. The molecule has 3 rings (SSSR count). The highest BCUT2D eigenvalue weighted by atomic mass is 19.1. The van der Waals surface area contributed by atoms with Crippen molar-refractivity contribution in [1.29, 1.82) is 0 Å². The van der Waals surface area contributed by atoms with Crippen molar-refractivity contribution in [3.8, 4) is 0 Å². The van der Waals surface area contributed by atoms with E-state index in [-0.39, 0.29) is 11.7 Å². The van der Waals surface area contributed by atoms with Crippen LogP contribution in [0.3, 0.4) is 0 Å². The van der Waals surface area contributed by atoms with Gasteiger partial charge in [0.05, 0.1) is 11.6 Å². The van der Waals surface area contributed by atoms with E-state index in [1.165, 1.54) is 10.6 Å². The highest BCUT2D eigenvalue weighted by Crippen LogP contribution is 2.19. The van der Waals surface area contributed by atoms with Crippen molar-refractivity contribution in [3.63, 3.8) is 0 Å². The fourth-order valence-electron chi connectivity index (χ4n) is 2.71. The number of nitrogens with zero attached hydrogens (tertiary/aromatic N) is 1. The molecule has 6 heteroatoms. The van der Waals surface area contributed by atoms with Gasteiger partial charge in [-0.1, -0.05) is 30.3 Å². The molecule has 0 aliphatic carbocycles. The van der Waals surface area contributed by atoms with E-state index >= 15 is 0 Å². The molecule has 0 saturated carbocycles. The third-order valence-electron chi connectivity index (χ3n) is 4.02. The molecule has 1 aromatic heterocycles. The minimum atomic E-state index is -0.782. The normalized spacial score (nSPS) is 13.6. The predicted molar refractivity (Wildman–Crippen MR) is 88.1 cm³/mol. The average Bonchev–Trinajstić information content (AvgIpc) is 2.90. The molecule has 24 heavy (non-hydrogen) atoms. The van der Waals surface area contributed by atoms with E-state index in [0.717, 1.165) is 0 Å². The van der Waals surface area contributed by atoms with E-state index in [1.54, 1.807) is 56.3 Å². The van der Waals surface area contributed by atoms with Crippen LogP contribution < -0.4 is 11.1 Å². The summed E-state index contributed by atoms with van der Waals surface area (Å²) in [6, 6.07) is 11.8. The lowest BCUT2D eigenvalue weighted by Crippen LogP contribution is -2.36. The van der Waals surface area contributed by atoms with Crippen LogP contribution in [0.25, 0.3) is 11.1 Å². The van der Waals surface area contributed by atoms with Crippen LogP contribution in [0.5, 0.6) is 0 Å². The van der Waals surface area contributed by atoms with E-state index in [0.29, 0.717) is 16.7 Å². The summed E-state index contributed by atoms with van der Waals surface area (Å²) in [5.41, 5.74) is 1.36. The molecule has 0 saturated heterocycles. The summed E-state index contributed by atoms with van der Waals surface area (Å²) in [5, 5.41) is 2.74. The molecule has 2 aromatic carbocycles. The van der Waals surface area contributed by atoms with Crippen molar-refractivity contribution in [3.05, 3.63) is 70.5 Å². The molecule has 1 heterocycles. The Kier molecular flexibility index (Phi) is 4.20. The number of rotatable bonds is 4. The van der Waals surface area contributed by atoms with Crippen LogP contribution in [0, 0.1) is 5.82 Å². The number of fused-ring (bicyclic) bond motifs is 1. The third kappa shape index (κ3) is 2.82. The Morgan fingerprint density at radius 1 is 1.12 bits per heavy atom. The number of hydrogen-bond donors (Lipinski definition) is 1. The smallest absolute Gasteiger partial charge is 0.408 e. The number of halogens is 1. The van der Waals surface area contributed by atoms with E-state index in [9.17, 15) is 14.0 Å². The van der Waals surface area contributed by atoms with Gasteiger partial charge >= 0.3 is 5.76 Å². The lowest BCUT2D eigenvalue weighted by Gasteiger charge is -2.19. The van der Waals surface area contributed by atoms with Crippen molar-refractivity contribution < 1.29 is 13.6 Å². The average molecular weight is 328 g/mol. The maximum atomic E-state index is 13.8. The molecule has 0 bridgehead atoms. The Bertz CT molecular complexity index is 945. The zero-order chi connectivity index (χ0) is 17.3. The number of hydrogen-bond acceptors (Lipinski definition) is 3. The number of benzene rings is 2. The first-order valence-electron chi connectivity index (χ1n) is 7.64. The summed E-state index contributed by atoms with van der Waals surface area (Å²) in [7, 11) is 0. The molecule has 0 spiro atoms. The van der Waals surface area contributed by atoms with Crippen molar-refractivity contribution in [2.45, 2.75) is 25.9 Å². The summed E-state index contributed by atoms with van der Waals surface area (Å²) in [6.07, 6.45) is 0. The van der Waals surface area contributed by atoms with Crippen molar-refractivity contribution in [2.24, 2.45) is 0 Å². The molecule has 0 unspecified atom stereocenters. The van der Waals surface area contributed by atoms with Crippen LogP contribution in [0.15, 0.2) is 57.7 Å². The minimum absolute atomic E-state index is 0.385. The first-order valence-corrected chi connectivity index (χ1v) is 7.64. The predicted octanol–water partition coefficient (Wildman–Crippen LogP) is 3.17. The molecule has 5 nitrogen and oxygen atoms in total. The Morgan fingerprint density at radius 3 is 2.54 bits per heavy atom. The SMILES string of the molecule is C[C@H](NC(=O)[C@@H](C)n1c(=O)oc2ccccc21)c1ccccc1F. The second kappa shape index (κ2) is 6.31. The van der Waals surface area contributed by atoms with Gasteiger partial charge in [0, 0.05) is 5.56 Å². The number of carbonyl (C=O) groups is 1. The largest absolute Gasteiger partial charge is 0.420 e. The monoisotopic (exact) mass is 328 g/mol. The van der Waals surface area contributed by atoms with Gasteiger partial charge in [0.15, 0.2) is 5.58 Å². The molecular weight excluding hydrogens is 311 g/mol. The molecule has 3 aromatic rings. The van der Waals surface area contributed by atoms with Gasteiger partial charge in [-0.15, -0.1) is 0 Å². The zero-order valence-electron chi connectivity index (χ0n) is 13.3. The van der Waals surface area contributed by atoms with Crippen molar-refractivity contribution in [2.75, 3.05) is 0 Å². The summed E-state index contributed by atoms with van der Waals surface area (Å²) in [6.45, 7) is 3.30. The second-order valence-electron chi connectivity index (χ2n) is 5.63. The molecule has 0 fully saturated rings. The Morgan fingerprint density at radius 2 is 1.79 bits per heavy atom. The van der Waals surface area contributed by atoms with Gasteiger partial charge in [0.25, 0.3) is 0 Å². The molecule has 0 radical (unpaired) electrons. The van der Waals surface area contributed by atoms with Crippen LogP contribution in [0.2, 0.25) is 0 Å². The standard InChI is InChI=1S/C18H17FN2O3/c1-11(13-7-3-4-8-14(13)19)20-17(22)12(2)21-15-9-5-6-10-16(15)24-18(21)23/h3-12H,1-2H3,(H,20,22)/t11-,12+/m0/s1. The Hall–Kier alpha value is -2.89. The lowest BCUT2D eigenvalue weighted by atomic mass is 10.1. The number of carbonyl (C=O) groups excluding carboxylic acids is 1. The van der Waals surface area contributed by atoms with E-state index in [4.69, 9.17) is 4.42 Å². The number of para-hydroxylation sites is 2. The van der Waals surface area contributed by atoms with Crippen LogP contribution in [0.4, 0.5) is 4.39 Å². The number of nitrogens with one attached hydrogen (secondary N) is 1. The highest BCUT2D eigenvalue weighted by molar-refractivity contribution is 5.83. The Balaban J connectivity index is 1.86. The van der Waals surface area contributed by atoms with Gasteiger partial charge in [-0.05, 0) is 32.0 Å². The molecule has 0 aliphatic rings.